The zero-order chi connectivity index (χ0) is 12.1. The number of carbonyl (C=O) groups excluding carboxylic acids is 1. The summed E-state index contributed by atoms with van der Waals surface area (Å²) in [5.41, 5.74) is 0.516. The number of benzene rings is 1. The number of nitrogens with one attached hydrogen (secondary N) is 1. The topological polar surface area (TPSA) is 59.9 Å². The van der Waals surface area contributed by atoms with Gasteiger partial charge in [0.1, 0.15) is 12.4 Å². The molecule has 0 amide bonds. The zero-order valence-electron chi connectivity index (χ0n) is 9.55. The number of aliphatic imine (C=N–C) groups is 1. The van der Waals surface area contributed by atoms with Gasteiger partial charge in [0.25, 0.3) is 0 Å². The maximum Gasteiger partial charge on any atom is 0.337 e. The van der Waals surface area contributed by atoms with Gasteiger partial charge >= 0.3 is 5.97 Å². The summed E-state index contributed by atoms with van der Waals surface area (Å²) in [5, 5.41) is 3.07. The van der Waals surface area contributed by atoms with Crippen LogP contribution in [0.25, 0.3) is 0 Å². The Hall–Kier alpha value is -2.04. The van der Waals surface area contributed by atoms with Crippen LogP contribution in [0, 0.1) is 0 Å². The van der Waals surface area contributed by atoms with E-state index in [-0.39, 0.29) is 12.0 Å². The van der Waals surface area contributed by atoms with Crippen molar-refractivity contribution in [2.24, 2.45) is 4.99 Å². The lowest BCUT2D eigenvalue weighted by Gasteiger charge is -2.11. The van der Waals surface area contributed by atoms with E-state index in [1.165, 1.54) is 7.11 Å². The van der Waals surface area contributed by atoms with Gasteiger partial charge in [-0.15, -0.1) is 0 Å². The Morgan fingerprint density at radius 2 is 2.24 bits per heavy atom. The largest absolute Gasteiger partial charge is 0.491 e. The third kappa shape index (κ3) is 2.96. The van der Waals surface area contributed by atoms with E-state index < -0.39 is 0 Å². The Morgan fingerprint density at radius 1 is 1.47 bits per heavy atom. The van der Waals surface area contributed by atoms with Crippen molar-refractivity contribution in [1.29, 1.82) is 0 Å². The summed E-state index contributed by atoms with van der Waals surface area (Å²) in [7, 11) is 1.36. The molecule has 0 fully saturated rings. The number of esters is 1. The summed E-state index contributed by atoms with van der Waals surface area (Å²) in [6, 6.07) is 7.10. The monoisotopic (exact) mass is 234 g/mol. The van der Waals surface area contributed by atoms with Gasteiger partial charge in [0.15, 0.2) is 0 Å². The van der Waals surface area contributed by atoms with Gasteiger partial charge < -0.3 is 14.8 Å². The Balaban J connectivity index is 1.87. The van der Waals surface area contributed by atoms with E-state index >= 15 is 0 Å². The number of ether oxygens (including phenoxy) is 2. The highest BCUT2D eigenvalue weighted by atomic mass is 16.5. The average Bonchev–Trinajstić information content (AvgIpc) is 2.89. The molecule has 0 radical (unpaired) electrons. The summed E-state index contributed by atoms with van der Waals surface area (Å²) < 4.78 is 10.2. The van der Waals surface area contributed by atoms with Gasteiger partial charge in [0, 0.05) is 0 Å². The molecule has 0 saturated carbocycles. The van der Waals surface area contributed by atoms with Crippen LogP contribution in [-0.2, 0) is 4.74 Å². The van der Waals surface area contributed by atoms with E-state index in [0.717, 1.165) is 12.3 Å². The molecular formula is C12H14N2O3. The van der Waals surface area contributed by atoms with Crippen LogP contribution in [0.2, 0.25) is 0 Å². The predicted molar refractivity (Wildman–Crippen MR) is 63.6 cm³/mol. The first-order valence-corrected chi connectivity index (χ1v) is 5.35. The van der Waals surface area contributed by atoms with Gasteiger partial charge in [-0.3, -0.25) is 4.99 Å². The van der Waals surface area contributed by atoms with Crippen molar-refractivity contribution >= 4 is 12.3 Å². The number of carbonyl (C=O) groups is 1. The second-order valence-electron chi connectivity index (χ2n) is 3.68. The molecule has 90 valence electrons. The van der Waals surface area contributed by atoms with E-state index in [0.29, 0.717) is 12.2 Å². The van der Waals surface area contributed by atoms with Crippen LogP contribution in [0.5, 0.6) is 5.75 Å². The second-order valence-corrected chi connectivity index (χ2v) is 3.68. The van der Waals surface area contributed by atoms with Crippen LogP contribution in [0.4, 0.5) is 0 Å². The second kappa shape index (κ2) is 5.34. The molecule has 1 aromatic rings. The third-order valence-corrected chi connectivity index (χ3v) is 2.45. The van der Waals surface area contributed by atoms with Crippen molar-refractivity contribution in [3.63, 3.8) is 0 Å². The minimum absolute atomic E-state index is 0.232. The minimum Gasteiger partial charge on any atom is -0.491 e. The average molecular weight is 234 g/mol. The summed E-state index contributed by atoms with van der Waals surface area (Å²) in [6.45, 7) is 1.29. The Morgan fingerprint density at radius 3 is 2.82 bits per heavy atom. The standard InChI is InChI=1S/C12H14N2O3/c1-16-12(15)9-2-4-11(5-3-9)17-7-10-6-13-8-14-10/h2-5,8,10H,6-7H2,1H3,(H,13,14). The van der Waals surface area contributed by atoms with Crippen LogP contribution < -0.4 is 10.1 Å². The van der Waals surface area contributed by atoms with Gasteiger partial charge in [0.05, 0.1) is 31.6 Å². The van der Waals surface area contributed by atoms with E-state index in [1.807, 2.05) is 0 Å². The molecule has 1 unspecified atom stereocenters. The molecule has 17 heavy (non-hydrogen) atoms. The highest BCUT2D eigenvalue weighted by Gasteiger charge is 2.11. The highest BCUT2D eigenvalue weighted by molar-refractivity contribution is 5.89. The number of hydrogen-bond donors (Lipinski definition) is 1. The van der Waals surface area contributed by atoms with Crippen LogP contribution >= 0.6 is 0 Å². The lowest BCUT2D eigenvalue weighted by atomic mass is 10.2. The maximum absolute atomic E-state index is 11.2. The van der Waals surface area contributed by atoms with Crippen molar-refractivity contribution in [2.75, 3.05) is 20.3 Å². The van der Waals surface area contributed by atoms with Gasteiger partial charge in [-0.1, -0.05) is 0 Å². The van der Waals surface area contributed by atoms with E-state index in [1.54, 1.807) is 30.6 Å². The quantitative estimate of drug-likeness (QED) is 0.785. The van der Waals surface area contributed by atoms with Crippen LogP contribution in [0.15, 0.2) is 29.3 Å². The number of rotatable bonds is 4. The summed E-state index contributed by atoms with van der Waals surface area (Å²) in [4.78, 5) is 15.3. The molecule has 0 aromatic heterocycles. The van der Waals surface area contributed by atoms with Gasteiger partial charge in [-0.05, 0) is 24.3 Å². The molecule has 0 aliphatic carbocycles. The van der Waals surface area contributed by atoms with E-state index in [9.17, 15) is 4.79 Å². The fourth-order valence-corrected chi connectivity index (χ4v) is 1.49. The first-order chi connectivity index (χ1) is 8.29. The lowest BCUT2D eigenvalue weighted by Crippen LogP contribution is -2.31. The fraction of sp³-hybridized carbons (Fsp3) is 0.333. The number of hydrogen-bond acceptors (Lipinski definition) is 5. The number of methoxy groups -OCH3 is 1. The molecule has 5 heteroatoms. The zero-order valence-corrected chi connectivity index (χ0v) is 9.55. The molecule has 5 nitrogen and oxygen atoms in total. The predicted octanol–water partition coefficient (Wildman–Crippen LogP) is 0.852. The first-order valence-electron chi connectivity index (χ1n) is 5.35. The smallest absolute Gasteiger partial charge is 0.337 e. The Kier molecular flexibility index (Phi) is 3.59. The molecule has 0 saturated heterocycles. The van der Waals surface area contributed by atoms with Crippen molar-refractivity contribution in [3.05, 3.63) is 29.8 Å². The van der Waals surface area contributed by atoms with Crippen molar-refractivity contribution in [3.8, 4) is 5.75 Å². The summed E-state index contributed by atoms with van der Waals surface area (Å²) in [6.07, 6.45) is 1.69. The molecule has 1 aromatic carbocycles. The molecule has 1 aliphatic heterocycles. The molecular weight excluding hydrogens is 220 g/mol. The molecule has 0 bridgehead atoms. The van der Waals surface area contributed by atoms with E-state index in [4.69, 9.17) is 4.74 Å². The SMILES string of the molecule is COC(=O)c1ccc(OCC2CN=CN2)cc1. The molecule has 1 N–H and O–H groups in total. The maximum atomic E-state index is 11.2. The third-order valence-electron chi connectivity index (χ3n) is 2.45. The summed E-state index contributed by atoms with van der Waals surface area (Å²) in [5.74, 6) is 0.383. The van der Waals surface area contributed by atoms with Crippen molar-refractivity contribution < 1.29 is 14.3 Å². The first kappa shape index (κ1) is 11.4. The fourth-order valence-electron chi connectivity index (χ4n) is 1.49. The van der Waals surface area contributed by atoms with Crippen LogP contribution in [0.3, 0.4) is 0 Å². The van der Waals surface area contributed by atoms with Gasteiger partial charge in [-0.25, -0.2) is 4.79 Å². The number of nitrogens with zero attached hydrogens (tertiary/aromatic N) is 1. The van der Waals surface area contributed by atoms with Gasteiger partial charge in [-0.2, -0.15) is 0 Å². The van der Waals surface area contributed by atoms with E-state index in [2.05, 4.69) is 15.0 Å². The summed E-state index contributed by atoms with van der Waals surface area (Å²) >= 11 is 0. The van der Waals surface area contributed by atoms with Gasteiger partial charge in [0.2, 0.25) is 0 Å². The normalized spacial score (nSPS) is 17.6. The molecule has 2 rings (SSSR count). The van der Waals surface area contributed by atoms with Crippen molar-refractivity contribution in [1.82, 2.24) is 5.32 Å². The molecule has 0 spiro atoms. The van der Waals surface area contributed by atoms with Crippen LogP contribution in [-0.4, -0.2) is 38.6 Å². The molecule has 1 heterocycles. The molecule has 1 atom stereocenters. The van der Waals surface area contributed by atoms with Crippen molar-refractivity contribution in [2.45, 2.75) is 6.04 Å². The Labute approximate surface area is 99.4 Å². The Bertz CT molecular complexity index is 406. The lowest BCUT2D eigenvalue weighted by molar-refractivity contribution is 0.0600. The van der Waals surface area contributed by atoms with Crippen LogP contribution in [0.1, 0.15) is 10.4 Å². The minimum atomic E-state index is -0.345. The highest BCUT2D eigenvalue weighted by Crippen LogP contribution is 2.13. The molecule has 1 aliphatic rings.